The number of halogens is 1. The van der Waals surface area contributed by atoms with E-state index in [0.29, 0.717) is 12.1 Å². The highest BCUT2D eigenvalue weighted by atomic mass is 35.5. The van der Waals surface area contributed by atoms with Crippen LogP contribution in [0.5, 0.6) is 0 Å². The SMILES string of the molecule is CC(C)NCc1c(Cl)cccc1N(C)C1CCN(C)CC1. The summed E-state index contributed by atoms with van der Waals surface area (Å²) < 4.78 is 0. The van der Waals surface area contributed by atoms with E-state index in [-0.39, 0.29) is 0 Å². The Hall–Kier alpha value is -0.770. The Morgan fingerprint density at radius 2 is 2.00 bits per heavy atom. The lowest BCUT2D eigenvalue weighted by atomic mass is 10.0. The number of hydrogen-bond acceptors (Lipinski definition) is 3. The fourth-order valence-electron chi connectivity index (χ4n) is 2.94. The van der Waals surface area contributed by atoms with Gasteiger partial charge in [0, 0.05) is 41.9 Å². The number of nitrogens with one attached hydrogen (secondary N) is 1. The van der Waals surface area contributed by atoms with Crippen molar-refractivity contribution in [1.29, 1.82) is 0 Å². The molecule has 2 rings (SSSR count). The van der Waals surface area contributed by atoms with E-state index in [1.807, 2.05) is 6.07 Å². The first-order valence-electron chi connectivity index (χ1n) is 7.91. The molecular formula is C17H28ClN3. The van der Waals surface area contributed by atoms with Gasteiger partial charge < -0.3 is 15.1 Å². The summed E-state index contributed by atoms with van der Waals surface area (Å²) in [7, 11) is 4.41. The fraction of sp³-hybridized carbons (Fsp3) is 0.647. The van der Waals surface area contributed by atoms with Crippen molar-refractivity contribution in [2.24, 2.45) is 0 Å². The minimum absolute atomic E-state index is 0.461. The highest BCUT2D eigenvalue weighted by molar-refractivity contribution is 6.31. The number of anilines is 1. The van der Waals surface area contributed by atoms with Crippen molar-refractivity contribution in [3.8, 4) is 0 Å². The molecule has 0 amide bonds. The lowest BCUT2D eigenvalue weighted by Gasteiger charge is -2.37. The molecule has 1 aliphatic heterocycles. The van der Waals surface area contributed by atoms with Crippen LogP contribution in [0.3, 0.4) is 0 Å². The van der Waals surface area contributed by atoms with Crippen molar-refractivity contribution in [1.82, 2.24) is 10.2 Å². The second-order valence-electron chi connectivity index (χ2n) is 6.42. The van der Waals surface area contributed by atoms with Gasteiger partial charge in [0.25, 0.3) is 0 Å². The molecule has 1 fully saturated rings. The summed E-state index contributed by atoms with van der Waals surface area (Å²) in [5.74, 6) is 0. The van der Waals surface area contributed by atoms with Crippen LogP contribution in [0.15, 0.2) is 18.2 Å². The van der Waals surface area contributed by atoms with Crippen molar-refractivity contribution in [3.63, 3.8) is 0 Å². The van der Waals surface area contributed by atoms with Crippen LogP contribution < -0.4 is 10.2 Å². The molecule has 0 spiro atoms. The number of likely N-dealkylation sites (tertiary alicyclic amines) is 1. The topological polar surface area (TPSA) is 18.5 Å². The van der Waals surface area contributed by atoms with Gasteiger partial charge in [0.05, 0.1) is 0 Å². The van der Waals surface area contributed by atoms with E-state index in [2.05, 4.69) is 55.2 Å². The second kappa shape index (κ2) is 7.48. The molecule has 1 N–H and O–H groups in total. The first-order valence-corrected chi connectivity index (χ1v) is 8.29. The molecule has 1 aromatic rings. The third-order valence-corrected chi connectivity index (χ3v) is 4.75. The Kier molecular flexibility index (Phi) is 5.91. The van der Waals surface area contributed by atoms with E-state index < -0.39 is 0 Å². The highest BCUT2D eigenvalue weighted by Crippen LogP contribution is 2.30. The van der Waals surface area contributed by atoms with E-state index >= 15 is 0 Å². The molecule has 1 aliphatic rings. The van der Waals surface area contributed by atoms with Gasteiger partial charge in [0.15, 0.2) is 0 Å². The third-order valence-electron chi connectivity index (χ3n) is 4.40. The molecule has 0 saturated carbocycles. The molecule has 0 aliphatic carbocycles. The van der Waals surface area contributed by atoms with Crippen LogP contribution in [0.1, 0.15) is 32.3 Å². The van der Waals surface area contributed by atoms with Crippen LogP contribution in [0.2, 0.25) is 5.02 Å². The number of nitrogens with zero attached hydrogens (tertiary/aromatic N) is 2. The molecule has 4 heteroatoms. The maximum atomic E-state index is 6.44. The molecular weight excluding hydrogens is 282 g/mol. The fourth-order valence-corrected chi connectivity index (χ4v) is 3.17. The van der Waals surface area contributed by atoms with Crippen LogP contribution in [-0.2, 0) is 6.54 Å². The van der Waals surface area contributed by atoms with Crippen LogP contribution in [0.25, 0.3) is 0 Å². The van der Waals surface area contributed by atoms with Crippen molar-refractivity contribution in [2.75, 3.05) is 32.1 Å². The lowest BCUT2D eigenvalue weighted by Crippen LogP contribution is -2.42. The van der Waals surface area contributed by atoms with E-state index in [9.17, 15) is 0 Å². The zero-order valence-corrected chi connectivity index (χ0v) is 14.5. The smallest absolute Gasteiger partial charge is 0.0471 e. The molecule has 1 aromatic carbocycles. The molecule has 0 bridgehead atoms. The Labute approximate surface area is 134 Å². The van der Waals surface area contributed by atoms with E-state index in [1.165, 1.54) is 37.2 Å². The zero-order chi connectivity index (χ0) is 15.4. The summed E-state index contributed by atoms with van der Waals surface area (Å²) in [5.41, 5.74) is 2.49. The van der Waals surface area contributed by atoms with Gasteiger partial charge in [-0.1, -0.05) is 31.5 Å². The molecule has 1 heterocycles. The number of rotatable bonds is 5. The number of piperidine rings is 1. The summed E-state index contributed by atoms with van der Waals surface area (Å²) in [4.78, 5) is 4.83. The quantitative estimate of drug-likeness (QED) is 0.899. The average molecular weight is 310 g/mol. The van der Waals surface area contributed by atoms with E-state index in [0.717, 1.165) is 11.6 Å². The second-order valence-corrected chi connectivity index (χ2v) is 6.83. The standard InChI is InChI=1S/C17H28ClN3/c1-13(2)19-12-15-16(18)6-5-7-17(15)21(4)14-8-10-20(3)11-9-14/h5-7,13-14,19H,8-12H2,1-4H3. The Morgan fingerprint density at radius 3 is 2.62 bits per heavy atom. The summed E-state index contributed by atoms with van der Waals surface area (Å²) >= 11 is 6.44. The van der Waals surface area contributed by atoms with E-state index in [4.69, 9.17) is 11.6 Å². The highest BCUT2D eigenvalue weighted by Gasteiger charge is 2.22. The van der Waals surface area contributed by atoms with Crippen molar-refractivity contribution in [3.05, 3.63) is 28.8 Å². The maximum absolute atomic E-state index is 6.44. The number of hydrogen-bond donors (Lipinski definition) is 1. The maximum Gasteiger partial charge on any atom is 0.0471 e. The minimum atomic E-state index is 0.461. The Morgan fingerprint density at radius 1 is 1.33 bits per heavy atom. The first kappa shape index (κ1) is 16.6. The van der Waals surface area contributed by atoms with Crippen molar-refractivity contribution in [2.45, 2.75) is 45.3 Å². The Bertz CT molecular complexity index is 453. The van der Waals surface area contributed by atoms with Gasteiger partial charge in [-0.3, -0.25) is 0 Å². The van der Waals surface area contributed by atoms with E-state index in [1.54, 1.807) is 0 Å². The molecule has 1 saturated heterocycles. The summed E-state index contributed by atoms with van der Waals surface area (Å²) in [6.45, 7) is 7.50. The first-order chi connectivity index (χ1) is 9.99. The van der Waals surface area contributed by atoms with Crippen LogP contribution in [0.4, 0.5) is 5.69 Å². The number of benzene rings is 1. The molecule has 21 heavy (non-hydrogen) atoms. The minimum Gasteiger partial charge on any atom is -0.371 e. The van der Waals surface area contributed by atoms with Crippen LogP contribution in [-0.4, -0.2) is 44.2 Å². The van der Waals surface area contributed by atoms with Crippen molar-refractivity contribution >= 4 is 17.3 Å². The van der Waals surface area contributed by atoms with Gasteiger partial charge in [-0.2, -0.15) is 0 Å². The van der Waals surface area contributed by atoms with Gasteiger partial charge in [-0.05, 0) is 45.1 Å². The molecule has 3 nitrogen and oxygen atoms in total. The summed E-state index contributed by atoms with van der Waals surface area (Å²) in [5, 5.41) is 4.35. The predicted molar refractivity (Wildman–Crippen MR) is 92.3 cm³/mol. The molecule has 118 valence electrons. The van der Waals surface area contributed by atoms with Gasteiger partial charge in [0.1, 0.15) is 0 Å². The average Bonchev–Trinajstić information content (AvgIpc) is 2.45. The van der Waals surface area contributed by atoms with Crippen molar-refractivity contribution < 1.29 is 0 Å². The van der Waals surface area contributed by atoms with Crippen LogP contribution in [0, 0.1) is 0 Å². The zero-order valence-electron chi connectivity index (χ0n) is 13.7. The molecule has 0 radical (unpaired) electrons. The summed E-state index contributed by atoms with van der Waals surface area (Å²) in [6.07, 6.45) is 2.44. The largest absolute Gasteiger partial charge is 0.371 e. The lowest BCUT2D eigenvalue weighted by molar-refractivity contribution is 0.252. The van der Waals surface area contributed by atoms with Gasteiger partial charge in [-0.25, -0.2) is 0 Å². The van der Waals surface area contributed by atoms with Crippen LogP contribution >= 0.6 is 11.6 Å². The predicted octanol–water partition coefficient (Wildman–Crippen LogP) is 3.37. The van der Waals surface area contributed by atoms with Gasteiger partial charge in [-0.15, -0.1) is 0 Å². The van der Waals surface area contributed by atoms with Gasteiger partial charge in [0.2, 0.25) is 0 Å². The molecule has 0 atom stereocenters. The normalized spacial score (nSPS) is 17.4. The molecule has 0 unspecified atom stereocenters. The molecule has 0 aromatic heterocycles. The van der Waals surface area contributed by atoms with Gasteiger partial charge >= 0.3 is 0 Å². The summed E-state index contributed by atoms with van der Waals surface area (Å²) in [6, 6.07) is 7.31. The third kappa shape index (κ3) is 4.35. The Balaban J connectivity index is 2.15. The monoisotopic (exact) mass is 309 g/mol.